The molecule has 0 heterocycles. The van der Waals surface area contributed by atoms with E-state index < -0.39 is 6.10 Å². The van der Waals surface area contributed by atoms with Crippen molar-refractivity contribution in [3.8, 4) is 0 Å². The molecule has 0 aliphatic carbocycles. The van der Waals surface area contributed by atoms with Crippen molar-refractivity contribution in [2.24, 2.45) is 0 Å². The molecule has 1 unspecified atom stereocenters. The summed E-state index contributed by atoms with van der Waals surface area (Å²) in [7, 11) is 0. The van der Waals surface area contributed by atoms with E-state index in [4.69, 9.17) is 0 Å². The van der Waals surface area contributed by atoms with E-state index in [1.807, 2.05) is 55.5 Å². The van der Waals surface area contributed by atoms with Crippen molar-refractivity contribution in [3.05, 3.63) is 64.1 Å². The van der Waals surface area contributed by atoms with Gasteiger partial charge in [-0.3, -0.25) is 4.79 Å². The lowest BCUT2D eigenvalue weighted by molar-refractivity contribution is -0.115. The highest BCUT2D eigenvalue weighted by molar-refractivity contribution is 9.10. The van der Waals surface area contributed by atoms with Crippen LogP contribution in [0.5, 0.6) is 0 Å². The monoisotopic (exact) mass is 362 g/mol. The van der Waals surface area contributed by atoms with Crippen molar-refractivity contribution >= 4 is 27.5 Å². The summed E-state index contributed by atoms with van der Waals surface area (Å²) in [5, 5.41) is 15.9. The van der Waals surface area contributed by atoms with E-state index in [-0.39, 0.29) is 12.5 Å². The molecule has 2 rings (SSSR count). The largest absolute Gasteiger partial charge is 0.387 e. The first-order valence-electron chi connectivity index (χ1n) is 7.06. The van der Waals surface area contributed by atoms with E-state index in [1.54, 1.807) is 0 Å². The van der Waals surface area contributed by atoms with Gasteiger partial charge in [0.25, 0.3) is 0 Å². The molecular weight excluding hydrogens is 344 g/mol. The Labute approximate surface area is 138 Å². The lowest BCUT2D eigenvalue weighted by Crippen LogP contribution is -2.31. The first-order valence-corrected chi connectivity index (χ1v) is 7.85. The Morgan fingerprint density at radius 1 is 1.23 bits per heavy atom. The molecular formula is C17H19BrN2O2. The maximum absolute atomic E-state index is 11.9. The Morgan fingerprint density at radius 3 is 2.73 bits per heavy atom. The number of nitrogens with one attached hydrogen (secondary N) is 2. The number of aliphatic hydroxyl groups excluding tert-OH is 1. The Kier molecular flexibility index (Phi) is 6.12. The molecule has 1 amide bonds. The maximum atomic E-state index is 11.9. The van der Waals surface area contributed by atoms with Crippen LogP contribution in [0.25, 0.3) is 0 Å². The predicted octanol–water partition coefficient (Wildman–Crippen LogP) is 3.02. The Balaban J connectivity index is 1.78. The molecule has 0 aliphatic heterocycles. The van der Waals surface area contributed by atoms with Crippen LogP contribution in [0.3, 0.4) is 0 Å². The fraction of sp³-hybridized carbons (Fsp3) is 0.235. The minimum Gasteiger partial charge on any atom is -0.387 e. The molecule has 0 saturated heterocycles. The van der Waals surface area contributed by atoms with E-state index >= 15 is 0 Å². The van der Waals surface area contributed by atoms with Gasteiger partial charge in [0, 0.05) is 16.7 Å². The van der Waals surface area contributed by atoms with Crippen molar-refractivity contribution in [1.82, 2.24) is 5.32 Å². The Morgan fingerprint density at radius 2 is 2.00 bits per heavy atom. The second-order valence-corrected chi connectivity index (χ2v) is 5.98. The molecule has 3 N–H and O–H groups in total. The number of hydrogen-bond acceptors (Lipinski definition) is 3. The molecule has 4 nitrogen and oxygen atoms in total. The smallest absolute Gasteiger partial charge is 0.238 e. The van der Waals surface area contributed by atoms with Gasteiger partial charge in [0.15, 0.2) is 0 Å². The average Bonchev–Trinajstić information content (AvgIpc) is 2.49. The van der Waals surface area contributed by atoms with Crippen molar-refractivity contribution in [3.63, 3.8) is 0 Å². The average molecular weight is 363 g/mol. The van der Waals surface area contributed by atoms with Gasteiger partial charge in [-0.15, -0.1) is 0 Å². The van der Waals surface area contributed by atoms with Gasteiger partial charge in [0.2, 0.25) is 5.91 Å². The molecule has 0 spiro atoms. The molecule has 0 fully saturated rings. The van der Waals surface area contributed by atoms with Gasteiger partial charge in [-0.2, -0.15) is 0 Å². The summed E-state index contributed by atoms with van der Waals surface area (Å²) in [6, 6.07) is 15.1. The van der Waals surface area contributed by atoms with Crippen LogP contribution in [0, 0.1) is 6.92 Å². The van der Waals surface area contributed by atoms with Gasteiger partial charge in [-0.25, -0.2) is 0 Å². The predicted molar refractivity (Wildman–Crippen MR) is 91.8 cm³/mol. The van der Waals surface area contributed by atoms with Crippen molar-refractivity contribution in [2.75, 3.05) is 18.4 Å². The molecule has 2 aromatic rings. The normalized spacial score (nSPS) is 12.0. The number of amides is 1. The number of carbonyl (C=O) groups is 1. The number of aryl methyl sites for hydroxylation is 1. The number of benzene rings is 2. The number of rotatable bonds is 6. The van der Waals surface area contributed by atoms with Crippen LogP contribution in [-0.4, -0.2) is 24.1 Å². The second kappa shape index (κ2) is 8.08. The molecule has 22 heavy (non-hydrogen) atoms. The molecule has 0 aromatic heterocycles. The SMILES string of the molecule is Cc1ccccc1NC(=O)CNCC(O)c1cccc(Br)c1. The van der Waals surface area contributed by atoms with Crippen LogP contribution in [0.2, 0.25) is 0 Å². The second-order valence-electron chi connectivity index (χ2n) is 5.06. The number of halogens is 1. The van der Waals surface area contributed by atoms with Gasteiger partial charge in [0.1, 0.15) is 0 Å². The van der Waals surface area contributed by atoms with E-state index in [1.165, 1.54) is 0 Å². The number of anilines is 1. The zero-order valence-corrected chi connectivity index (χ0v) is 13.9. The fourth-order valence-electron chi connectivity index (χ4n) is 2.06. The quantitative estimate of drug-likeness (QED) is 0.740. The van der Waals surface area contributed by atoms with Gasteiger partial charge < -0.3 is 15.7 Å². The first kappa shape index (κ1) is 16.7. The Bertz CT molecular complexity index is 646. The molecule has 2 aromatic carbocycles. The first-order chi connectivity index (χ1) is 10.6. The minimum absolute atomic E-state index is 0.129. The van der Waals surface area contributed by atoms with Crippen LogP contribution in [0.4, 0.5) is 5.69 Å². The van der Waals surface area contributed by atoms with Gasteiger partial charge in [0.05, 0.1) is 12.6 Å². The number of aliphatic hydroxyl groups is 1. The van der Waals surface area contributed by atoms with Gasteiger partial charge >= 0.3 is 0 Å². The van der Waals surface area contributed by atoms with Crippen molar-refractivity contribution < 1.29 is 9.90 Å². The van der Waals surface area contributed by atoms with E-state index in [0.29, 0.717) is 6.54 Å². The summed E-state index contributed by atoms with van der Waals surface area (Å²) >= 11 is 3.37. The van der Waals surface area contributed by atoms with Gasteiger partial charge in [-0.1, -0.05) is 46.3 Å². The molecule has 0 aliphatic rings. The number of para-hydroxylation sites is 1. The third-order valence-electron chi connectivity index (χ3n) is 3.28. The van der Waals surface area contributed by atoms with Crippen LogP contribution < -0.4 is 10.6 Å². The summed E-state index contributed by atoms with van der Waals surface area (Å²) in [4.78, 5) is 11.9. The zero-order valence-electron chi connectivity index (χ0n) is 12.3. The van der Waals surface area contributed by atoms with Crippen LogP contribution in [0.15, 0.2) is 53.0 Å². The lowest BCUT2D eigenvalue weighted by atomic mass is 10.1. The maximum Gasteiger partial charge on any atom is 0.238 e. The highest BCUT2D eigenvalue weighted by atomic mass is 79.9. The van der Waals surface area contributed by atoms with Crippen LogP contribution in [-0.2, 0) is 4.79 Å². The topological polar surface area (TPSA) is 61.4 Å². The number of hydrogen-bond donors (Lipinski definition) is 3. The molecule has 0 saturated carbocycles. The number of carbonyl (C=O) groups excluding carboxylic acids is 1. The zero-order chi connectivity index (χ0) is 15.9. The van der Waals surface area contributed by atoms with E-state index in [2.05, 4.69) is 26.6 Å². The molecule has 1 atom stereocenters. The van der Waals surface area contributed by atoms with E-state index in [0.717, 1.165) is 21.3 Å². The van der Waals surface area contributed by atoms with Crippen LogP contribution >= 0.6 is 15.9 Å². The minimum atomic E-state index is -0.649. The van der Waals surface area contributed by atoms with Crippen molar-refractivity contribution in [2.45, 2.75) is 13.0 Å². The molecule has 116 valence electrons. The summed E-state index contributed by atoms with van der Waals surface area (Å²) < 4.78 is 0.918. The lowest BCUT2D eigenvalue weighted by Gasteiger charge is -2.13. The van der Waals surface area contributed by atoms with Crippen LogP contribution in [0.1, 0.15) is 17.2 Å². The highest BCUT2D eigenvalue weighted by Gasteiger charge is 2.09. The standard InChI is InChI=1S/C17H19BrN2O2/c1-12-5-2-3-8-15(12)20-17(22)11-19-10-16(21)13-6-4-7-14(18)9-13/h2-9,16,19,21H,10-11H2,1H3,(H,20,22). The van der Waals surface area contributed by atoms with Gasteiger partial charge in [-0.05, 0) is 36.2 Å². The summed E-state index contributed by atoms with van der Waals surface area (Å²) in [6.07, 6.45) is -0.649. The van der Waals surface area contributed by atoms with E-state index in [9.17, 15) is 9.90 Å². The molecule has 5 heteroatoms. The fourth-order valence-corrected chi connectivity index (χ4v) is 2.48. The molecule has 0 radical (unpaired) electrons. The summed E-state index contributed by atoms with van der Waals surface area (Å²) in [6.45, 7) is 2.41. The summed E-state index contributed by atoms with van der Waals surface area (Å²) in [5.74, 6) is -0.129. The van der Waals surface area contributed by atoms with Crippen molar-refractivity contribution in [1.29, 1.82) is 0 Å². The molecule has 0 bridgehead atoms. The third kappa shape index (κ3) is 4.94. The third-order valence-corrected chi connectivity index (χ3v) is 3.77. The highest BCUT2D eigenvalue weighted by Crippen LogP contribution is 2.17. The Hall–Kier alpha value is -1.69. The summed E-state index contributed by atoms with van der Waals surface area (Å²) in [5.41, 5.74) is 2.63.